The molecule has 1 amide bonds. The van der Waals surface area contributed by atoms with Gasteiger partial charge in [-0.1, -0.05) is 36.4 Å². The van der Waals surface area contributed by atoms with E-state index < -0.39 is 21.5 Å². The molecule has 0 fully saturated rings. The number of hydrogen-bond donors (Lipinski definition) is 4. The summed E-state index contributed by atoms with van der Waals surface area (Å²) in [6.07, 6.45) is 0. The number of hydrogen-bond acceptors (Lipinski definition) is 8. The van der Waals surface area contributed by atoms with Gasteiger partial charge in [0.05, 0.1) is 29.7 Å². The van der Waals surface area contributed by atoms with Crippen LogP contribution < -0.4 is 20.5 Å². The fraction of sp³-hybridized carbons (Fsp3) is 0.222. The number of sulfonamides is 1. The summed E-state index contributed by atoms with van der Waals surface area (Å²) >= 11 is 0. The van der Waals surface area contributed by atoms with Crippen LogP contribution in [0.25, 0.3) is 22.0 Å². The SMILES string of the molecule is COc1ccc(Nc2nnc(-c3ccc(C)c(S(=O)(=O)NC(C)(C)CO)c3)c3ccccc23)cc1C(N)=O. The van der Waals surface area contributed by atoms with Crippen LogP contribution in [0.3, 0.4) is 0 Å². The third kappa shape index (κ3) is 5.44. The van der Waals surface area contributed by atoms with Crippen molar-refractivity contribution in [1.82, 2.24) is 14.9 Å². The molecule has 0 aliphatic carbocycles. The zero-order valence-electron chi connectivity index (χ0n) is 21.4. The number of aliphatic hydroxyl groups is 1. The number of amides is 1. The lowest BCUT2D eigenvalue weighted by atomic mass is 10.0. The van der Waals surface area contributed by atoms with Crippen LogP contribution in [0.1, 0.15) is 29.8 Å². The van der Waals surface area contributed by atoms with E-state index in [1.54, 1.807) is 57.2 Å². The molecule has 4 aromatic rings. The normalized spacial score (nSPS) is 11.9. The first kappa shape index (κ1) is 27.0. The van der Waals surface area contributed by atoms with Crippen LogP contribution in [-0.4, -0.2) is 48.9 Å². The summed E-state index contributed by atoms with van der Waals surface area (Å²) in [5.41, 5.74) is 6.85. The number of anilines is 2. The number of carbonyl (C=O) groups excluding carboxylic acids is 1. The highest BCUT2D eigenvalue weighted by molar-refractivity contribution is 7.89. The Bertz CT molecular complexity index is 1640. The first-order chi connectivity index (χ1) is 18.0. The molecule has 0 aliphatic rings. The molecule has 5 N–H and O–H groups in total. The molecule has 4 rings (SSSR count). The number of nitrogens with two attached hydrogens (primary N) is 1. The number of carbonyl (C=O) groups is 1. The molecular formula is C27H29N5O5S. The summed E-state index contributed by atoms with van der Waals surface area (Å²) in [7, 11) is -2.47. The molecule has 3 aromatic carbocycles. The molecule has 0 atom stereocenters. The summed E-state index contributed by atoms with van der Waals surface area (Å²) in [6.45, 7) is 4.55. The van der Waals surface area contributed by atoms with E-state index >= 15 is 0 Å². The summed E-state index contributed by atoms with van der Waals surface area (Å²) in [5, 5.41) is 23.0. The third-order valence-corrected chi connectivity index (χ3v) is 7.81. The number of nitrogens with zero attached hydrogens (tertiary/aromatic N) is 2. The zero-order chi connectivity index (χ0) is 27.7. The Kier molecular flexibility index (Phi) is 7.36. The van der Waals surface area contributed by atoms with E-state index in [1.165, 1.54) is 7.11 Å². The van der Waals surface area contributed by atoms with Crippen molar-refractivity contribution in [2.45, 2.75) is 31.2 Å². The average molecular weight is 536 g/mol. The Hall–Kier alpha value is -4.06. The number of fused-ring (bicyclic) bond motifs is 1. The Morgan fingerprint density at radius 1 is 1.05 bits per heavy atom. The van der Waals surface area contributed by atoms with Gasteiger partial charge in [0, 0.05) is 22.0 Å². The number of benzene rings is 3. The number of aryl methyl sites for hydroxylation is 1. The van der Waals surface area contributed by atoms with E-state index in [2.05, 4.69) is 20.2 Å². The van der Waals surface area contributed by atoms with Gasteiger partial charge < -0.3 is 20.9 Å². The molecule has 0 saturated heterocycles. The van der Waals surface area contributed by atoms with Crippen molar-refractivity contribution in [3.05, 3.63) is 71.8 Å². The standard InChI is InChI=1S/C27H29N5O5S/c1-16-9-10-17(13-23(16)38(35,36)32-27(2,3)15-33)24-19-7-5-6-8-20(19)26(31-30-24)29-18-11-12-22(37-4)21(14-18)25(28)34/h5-14,32-33H,15H2,1-4H3,(H2,28,34)(H,29,31). The van der Waals surface area contributed by atoms with E-state index in [9.17, 15) is 18.3 Å². The number of nitrogens with one attached hydrogen (secondary N) is 2. The average Bonchev–Trinajstić information content (AvgIpc) is 2.88. The summed E-state index contributed by atoms with van der Waals surface area (Å²) < 4.78 is 34.0. The van der Waals surface area contributed by atoms with E-state index in [1.807, 2.05) is 24.3 Å². The zero-order valence-corrected chi connectivity index (χ0v) is 22.3. The molecule has 0 radical (unpaired) electrons. The van der Waals surface area contributed by atoms with Gasteiger partial charge in [-0.15, -0.1) is 10.2 Å². The van der Waals surface area contributed by atoms with Gasteiger partial charge in [-0.2, -0.15) is 0 Å². The van der Waals surface area contributed by atoms with Gasteiger partial charge in [0.25, 0.3) is 5.91 Å². The number of aromatic nitrogens is 2. The fourth-order valence-corrected chi connectivity index (χ4v) is 5.69. The van der Waals surface area contributed by atoms with Crippen LogP contribution in [0.5, 0.6) is 5.75 Å². The predicted molar refractivity (Wildman–Crippen MR) is 146 cm³/mol. The molecular weight excluding hydrogens is 506 g/mol. The van der Waals surface area contributed by atoms with Crippen LogP contribution in [0, 0.1) is 6.92 Å². The van der Waals surface area contributed by atoms with E-state index in [0.29, 0.717) is 34.1 Å². The van der Waals surface area contributed by atoms with Gasteiger partial charge in [-0.3, -0.25) is 4.79 Å². The molecule has 1 heterocycles. The van der Waals surface area contributed by atoms with Gasteiger partial charge in [0.15, 0.2) is 5.82 Å². The van der Waals surface area contributed by atoms with Crippen molar-refractivity contribution in [1.29, 1.82) is 0 Å². The molecule has 0 aliphatic heterocycles. The maximum Gasteiger partial charge on any atom is 0.252 e. The monoisotopic (exact) mass is 535 g/mol. The Balaban J connectivity index is 1.78. The first-order valence-electron chi connectivity index (χ1n) is 11.7. The van der Waals surface area contributed by atoms with Crippen molar-refractivity contribution in [3.8, 4) is 17.0 Å². The van der Waals surface area contributed by atoms with Crippen molar-refractivity contribution in [3.63, 3.8) is 0 Å². The lowest BCUT2D eigenvalue weighted by Gasteiger charge is -2.24. The summed E-state index contributed by atoms with van der Waals surface area (Å²) in [6, 6.07) is 17.4. The van der Waals surface area contributed by atoms with Crippen LogP contribution in [0.15, 0.2) is 65.6 Å². The van der Waals surface area contributed by atoms with Gasteiger partial charge in [-0.25, -0.2) is 13.1 Å². The first-order valence-corrected chi connectivity index (χ1v) is 13.2. The lowest BCUT2D eigenvalue weighted by molar-refractivity contribution is 0.0997. The molecule has 0 saturated carbocycles. The van der Waals surface area contributed by atoms with Crippen LogP contribution in [0.2, 0.25) is 0 Å². The highest BCUT2D eigenvalue weighted by Gasteiger charge is 2.27. The smallest absolute Gasteiger partial charge is 0.252 e. The maximum absolute atomic E-state index is 13.1. The van der Waals surface area contributed by atoms with Crippen molar-refractivity contribution in [2.75, 3.05) is 19.0 Å². The highest BCUT2D eigenvalue weighted by Crippen LogP contribution is 2.33. The lowest BCUT2D eigenvalue weighted by Crippen LogP contribution is -2.46. The number of rotatable bonds is 9. The number of primary amides is 1. The Morgan fingerprint density at radius 3 is 2.42 bits per heavy atom. The maximum atomic E-state index is 13.1. The van der Waals surface area contributed by atoms with Crippen LogP contribution in [0.4, 0.5) is 11.5 Å². The van der Waals surface area contributed by atoms with Crippen molar-refractivity contribution < 1.29 is 23.1 Å². The van der Waals surface area contributed by atoms with Crippen molar-refractivity contribution >= 4 is 38.2 Å². The molecule has 0 bridgehead atoms. The molecule has 38 heavy (non-hydrogen) atoms. The molecule has 0 unspecified atom stereocenters. The summed E-state index contributed by atoms with van der Waals surface area (Å²) in [5.74, 6) is 0.173. The molecule has 198 valence electrons. The topological polar surface area (TPSA) is 157 Å². The molecule has 10 nitrogen and oxygen atoms in total. The Morgan fingerprint density at radius 2 is 1.76 bits per heavy atom. The Labute approximate surface area is 220 Å². The van der Waals surface area contributed by atoms with Gasteiger partial charge in [0.2, 0.25) is 10.0 Å². The second kappa shape index (κ2) is 10.4. The molecule has 0 spiro atoms. The van der Waals surface area contributed by atoms with Crippen LogP contribution in [-0.2, 0) is 10.0 Å². The molecule has 11 heteroatoms. The number of methoxy groups -OCH3 is 1. The van der Waals surface area contributed by atoms with Gasteiger partial charge >= 0.3 is 0 Å². The van der Waals surface area contributed by atoms with E-state index in [0.717, 1.165) is 10.8 Å². The van der Waals surface area contributed by atoms with Crippen LogP contribution >= 0.6 is 0 Å². The third-order valence-electron chi connectivity index (χ3n) is 5.97. The second-order valence-electron chi connectivity index (χ2n) is 9.47. The van der Waals surface area contributed by atoms with Gasteiger partial charge in [-0.05, 0) is 50.6 Å². The molecule has 1 aromatic heterocycles. The predicted octanol–water partition coefficient (Wildman–Crippen LogP) is 3.51. The largest absolute Gasteiger partial charge is 0.496 e. The van der Waals surface area contributed by atoms with Crippen molar-refractivity contribution in [2.24, 2.45) is 5.73 Å². The second-order valence-corrected chi connectivity index (χ2v) is 11.1. The number of ether oxygens (including phenoxy) is 1. The number of aliphatic hydroxyl groups excluding tert-OH is 1. The quantitative estimate of drug-likeness (QED) is 0.254. The minimum absolute atomic E-state index is 0.0850. The van der Waals surface area contributed by atoms with Gasteiger partial charge in [0.1, 0.15) is 11.4 Å². The fourth-order valence-electron chi connectivity index (χ4n) is 4.01. The van der Waals surface area contributed by atoms with E-state index in [-0.39, 0.29) is 17.1 Å². The highest BCUT2D eigenvalue weighted by atomic mass is 32.2. The van der Waals surface area contributed by atoms with E-state index in [4.69, 9.17) is 10.5 Å². The minimum atomic E-state index is -3.93. The summed E-state index contributed by atoms with van der Waals surface area (Å²) in [4.78, 5) is 11.9. The minimum Gasteiger partial charge on any atom is -0.496 e.